The first-order valence-electron chi connectivity index (χ1n) is 2.82. The Morgan fingerprint density at radius 1 is 1.38 bits per heavy atom. The second-order valence-electron chi connectivity index (χ2n) is 2.16. The Morgan fingerprint density at radius 2 is 2.12 bits per heavy atom. The van der Waals surface area contributed by atoms with E-state index < -0.39 is 0 Å². The minimum atomic E-state index is 1.34. The molecule has 0 N–H and O–H groups in total. The van der Waals surface area contributed by atoms with E-state index >= 15 is 0 Å². The van der Waals surface area contributed by atoms with Gasteiger partial charge in [-0.05, 0) is 0 Å². The maximum atomic E-state index is 2.17. The van der Waals surface area contributed by atoms with Crippen molar-refractivity contribution in [3.8, 4) is 0 Å². The van der Waals surface area contributed by atoms with Gasteiger partial charge in [-0.2, -0.15) is 0 Å². The van der Waals surface area contributed by atoms with Gasteiger partial charge in [0, 0.05) is 0 Å². The first kappa shape index (κ1) is 5.55. The molecule has 0 radical (unpaired) electrons. The first-order chi connectivity index (χ1) is 3.79. The van der Waals surface area contributed by atoms with Crippen molar-refractivity contribution in [1.29, 1.82) is 0 Å². The molecule has 0 amide bonds. The van der Waals surface area contributed by atoms with Crippen LogP contribution in [0.25, 0.3) is 0 Å². The van der Waals surface area contributed by atoms with E-state index in [-0.39, 0.29) is 0 Å². The van der Waals surface area contributed by atoms with E-state index in [9.17, 15) is 0 Å². The Hall–Kier alpha value is -0.585. The van der Waals surface area contributed by atoms with Crippen molar-refractivity contribution >= 4 is 6.91 Å². The van der Waals surface area contributed by atoms with Gasteiger partial charge in [-0.1, -0.05) is 0 Å². The number of rotatable bonds is 0. The molecular formula is C7H9B. The molecule has 1 aromatic heterocycles. The molecule has 0 aliphatic rings. The van der Waals surface area contributed by atoms with Crippen LogP contribution in [-0.4, -0.2) is 6.91 Å². The molecule has 1 heteroatoms. The summed E-state index contributed by atoms with van der Waals surface area (Å²) in [5.41, 5.74) is 2.68. The third kappa shape index (κ3) is 1.19. The Bertz CT molecular complexity index is 164. The summed E-state index contributed by atoms with van der Waals surface area (Å²) in [7, 11) is 0. The molecule has 8 heavy (non-hydrogen) atoms. The van der Waals surface area contributed by atoms with Crippen LogP contribution < -0.4 is 0 Å². The van der Waals surface area contributed by atoms with E-state index in [1.165, 1.54) is 11.0 Å². The maximum absolute atomic E-state index is 2.17. The summed E-state index contributed by atoms with van der Waals surface area (Å²) in [6, 6.07) is 4.27. The molecule has 1 rings (SSSR count). The number of hydrogen-bond donors (Lipinski definition) is 0. The molecule has 0 spiro atoms. The fourth-order valence-corrected chi connectivity index (χ4v) is 0.807. The third-order valence-corrected chi connectivity index (χ3v) is 1.17. The molecule has 40 valence electrons. The van der Waals surface area contributed by atoms with Gasteiger partial charge in [0.1, 0.15) is 0 Å². The Labute approximate surface area is 50.8 Å². The summed E-state index contributed by atoms with van der Waals surface area (Å²) < 4.78 is 0. The van der Waals surface area contributed by atoms with Crippen molar-refractivity contribution in [1.82, 2.24) is 0 Å². The topological polar surface area (TPSA) is 0 Å². The van der Waals surface area contributed by atoms with Gasteiger partial charge in [-0.3, -0.25) is 0 Å². The SMILES string of the molecule is Cc1bccc(C)c1. The predicted octanol–water partition coefficient (Wildman–Crippen LogP) is 1.64. The summed E-state index contributed by atoms with van der Waals surface area (Å²) in [4.78, 5) is 0. The second kappa shape index (κ2) is 2.12. The van der Waals surface area contributed by atoms with Gasteiger partial charge in [-0.15, -0.1) is 0 Å². The molecule has 0 nitrogen and oxygen atoms in total. The van der Waals surface area contributed by atoms with E-state index in [1.54, 1.807) is 0 Å². The second-order valence-corrected chi connectivity index (χ2v) is 2.16. The van der Waals surface area contributed by atoms with Crippen molar-refractivity contribution in [2.75, 3.05) is 0 Å². The molecule has 0 aromatic carbocycles. The van der Waals surface area contributed by atoms with Crippen molar-refractivity contribution in [2.45, 2.75) is 13.8 Å². The molecule has 0 aliphatic heterocycles. The van der Waals surface area contributed by atoms with Crippen molar-refractivity contribution in [2.24, 2.45) is 0 Å². The average molecular weight is 104 g/mol. The van der Waals surface area contributed by atoms with Crippen LogP contribution in [0.2, 0.25) is 0 Å². The zero-order valence-electron chi connectivity index (χ0n) is 5.31. The van der Waals surface area contributed by atoms with Gasteiger partial charge < -0.3 is 0 Å². The van der Waals surface area contributed by atoms with Gasteiger partial charge in [-0.25, -0.2) is 0 Å². The van der Waals surface area contributed by atoms with Crippen molar-refractivity contribution in [3.05, 3.63) is 29.1 Å². The zero-order chi connectivity index (χ0) is 5.98. The molecule has 1 heterocycles. The first-order valence-corrected chi connectivity index (χ1v) is 2.82. The molecule has 0 aliphatic carbocycles. The fourth-order valence-electron chi connectivity index (χ4n) is 0.807. The predicted molar refractivity (Wildman–Crippen MR) is 37.3 cm³/mol. The van der Waals surface area contributed by atoms with Crippen LogP contribution in [0.3, 0.4) is 0 Å². The summed E-state index contributed by atoms with van der Waals surface area (Å²) >= 11 is 0. The van der Waals surface area contributed by atoms with Gasteiger partial charge >= 0.3 is 49.9 Å². The Balaban J connectivity index is 3.08. The standard InChI is InChI=1S/C7H9B/c1-6-3-4-8-7(2)5-6/h3-5H,1-2H3. The summed E-state index contributed by atoms with van der Waals surface area (Å²) in [6.07, 6.45) is 0. The molecule has 0 fully saturated rings. The normalized spacial score (nSPS) is 8.75. The monoisotopic (exact) mass is 104 g/mol. The van der Waals surface area contributed by atoms with E-state index in [1.807, 2.05) is 0 Å². The van der Waals surface area contributed by atoms with Crippen LogP contribution in [-0.2, 0) is 0 Å². The average Bonchev–Trinajstić information content (AvgIpc) is 1.64. The van der Waals surface area contributed by atoms with Crippen LogP contribution in [0, 0.1) is 13.8 Å². The van der Waals surface area contributed by atoms with Crippen LogP contribution in [0.15, 0.2) is 18.1 Å². The van der Waals surface area contributed by atoms with Gasteiger partial charge in [0.25, 0.3) is 0 Å². The molecule has 0 saturated heterocycles. The van der Waals surface area contributed by atoms with Crippen molar-refractivity contribution < 1.29 is 0 Å². The number of aryl methyl sites for hydroxylation is 2. The van der Waals surface area contributed by atoms with Crippen molar-refractivity contribution in [3.63, 3.8) is 0 Å². The molecule has 0 unspecified atom stereocenters. The van der Waals surface area contributed by atoms with Gasteiger partial charge in [0.2, 0.25) is 0 Å². The Morgan fingerprint density at radius 3 is 2.50 bits per heavy atom. The number of hydrogen-bond acceptors (Lipinski definition) is 0. The van der Waals surface area contributed by atoms with E-state index in [4.69, 9.17) is 0 Å². The van der Waals surface area contributed by atoms with E-state index in [2.05, 4.69) is 38.9 Å². The van der Waals surface area contributed by atoms with E-state index in [0.717, 1.165) is 0 Å². The molecule has 0 saturated carbocycles. The van der Waals surface area contributed by atoms with Gasteiger partial charge in [0.05, 0.1) is 0 Å². The third-order valence-electron chi connectivity index (χ3n) is 1.17. The van der Waals surface area contributed by atoms with E-state index in [0.29, 0.717) is 0 Å². The molecular weight excluding hydrogens is 94.9 g/mol. The van der Waals surface area contributed by atoms with Gasteiger partial charge in [0.15, 0.2) is 0 Å². The fraction of sp³-hybridized carbons (Fsp3) is 0.286. The minimum absolute atomic E-state index is 1.34. The van der Waals surface area contributed by atoms with Crippen LogP contribution in [0.1, 0.15) is 11.0 Å². The molecule has 1 aromatic rings. The molecule has 0 atom stereocenters. The summed E-state index contributed by atoms with van der Waals surface area (Å²) in [5, 5.41) is 0. The summed E-state index contributed by atoms with van der Waals surface area (Å²) in [5.74, 6) is 2.07. The summed E-state index contributed by atoms with van der Waals surface area (Å²) in [6.45, 7) is 6.31. The zero-order valence-corrected chi connectivity index (χ0v) is 5.31. The molecule has 0 bridgehead atoms. The quantitative estimate of drug-likeness (QED) is 0.469. The van der Waals surface area contributed by atoms with Crippen LogP contribution in [0.5, 0.6) is 0 Å². The van der Waals surface area contributed by atoms with Crippen LogP contribution >= 0.6 is 0 Å². The Kier molecular flexibility index (Phi) is 1.47. The van der Waals surface area contributed by atoms with Crippen LogP contribution in [0.4, 0.5) is 0 Å².